The molecule has 0 aromatic carbocycles. The second-order valence-electron chi connectivity index (χ2n) is 4.99. The average Bonchev–Trinajstić information content (AvgIpc) is 2.35. The third-order valence-electron chi connectivity index (χ3n) is 3.59. The van der Waals surface area contributed by atoms with Crippen molar-refractivity contribution in [3.8, 4) is 0 Å². The molecule has 0 aliphatic carbocycles. The number of ether oxygens (including phenoxy) is 1. The van der Waals surface area contributed by atoms with Gasteiger partial charge in [-0.1, -0.05) is 0 Å². The largest absolute Gasteiger partial charge is 0.384 e. The molecule has 0 unspecified atom stereocenters. The van der Waals surface area contributed by atoms with Gasteiger partial charge in [0.05, 0.1) is 0 Å². The van der Waals surface area contributed by atoms with Gasteiger partial charge in [0, 0.05) is 32.4 Å². The summed E-state index contributed by atoms with van der Waals surface area (Å²) in [5.41, 5.74) is 6.90. The Balaban J connectivity index is 2.10. The fraction of sp³-hybridized carbons (Fsp3) is 0.692. The first-order valence-corrected chi connectivity index (χ1v) is 6.46. The normalized spacial score (nSPS) is 17.2. The number of anilines is 2. The van der Waals surface area contributed by atoms with Crippen LogP contribution in [0, 0.1) is 19.8 Å². The van der Waals surface area contributed by atoms with Crippen molar-refractivity contribution in [1.82, 2.24) is 9.97 Å². The number of aryl methyl sites for hydroxylation is 1. The smallest absolute Gasteiger partial charge is 0.137 e. The number of nitrogens with zero attached hydrogens (tertiary/aromatic N) is 3. The van der Waals surface area contributed by atoms with Gasteiger partial charge in [-0.3, -0.25) is 0 Å². The Morgan fingerprint density at radius 2 is 1.94 bits per heavy atom. The Hall–Kier alpha value is -1.36. The molecule has 0 saturated carbocycles. The number of nitrogen functional groups attached to an aromatic ring is 1. The molecule has 0 spiro atoms. The highest BCUT2D eigenvalue weighted by Gasteiger charge is 2.22. The van der Waals surface area contributed by atoms with Crippen molar-refractivity contribution in [3.05, 3.63) is 11.4 Å². The number of piperidine rings is 1. The highest BCUT2D eigenvalue weighted by molar-refractivity contribution is 5.56. The highest BCUT2D eigenvalue weighted by atomic mass is 16.5. The van der Waals surface area contributed by atoms with Crippen LogP contribution in [-0.2, 0) is 4.74 Å². The Bertz CT molecular complexity index is 414. The highest BCUT2D eigenvalue weighted by Crippen LogP contribution is 2.26. The summed E-state index contributed by atoms with van der Waals surface area (Å²) in [6.45, 7) is 6.77. The van der Waals surface area contributed by atoms with Crippen molar-refractivity contribution in [3.63, 3.8) is 0 Å². The van der Waals surface area contributed by atoms with Gasteiger partial charge in [-0.25, -0.2) is 9.97 Å². The zero-order valence-corrected chi connectivity index (χ0v) is 11.4. The van der Waals surface area contributed by atoms with Crippen molar-refractivity contribution in [1.29, 1.82) is 0 Å². The molecule has 2 rings (SSSR count). The standard InChI is InChI=1S/C13H22N4O/c1-9-12(14)15-10(2)16-13(9)17-6-4-11(5-7-17)8-18-3/h11H,4-8H2,1-3H3,(H2,14,15,16). The van der Waals surface area contributed by atoms with E-state index in [1.54, 1.807) is 7.11 Å². The van der Waals surface area contributed by atoms with E-state index in [0.717, 1.165) is 49.7 Å². The lowest BCUT2D eigenvalue weighted by Crippen LogP contribution is -2.36. The Morgan fingerprint density at radius 3 is 2.56 bits per heavy atom. The van der Waals surface area contributed by atoms with E-state index < -0.39 is 0 Å². The lowest BCUT2D eigenvalue weighted by molar-refractivity contribution is 0.139. The molecule has 0 radical (unpaired) electrons. The van der Waals surface area contributed by atoms with E-state index in [0.29, 0.717) is 11.7 Å². The molecule has 100 valence electrons. The maximum atomic E-state index is 5.91. The third kappa shape index (κ3) is 2.72. The summed E-state index contributed by atoms with van der Waals surface area (Å²) in [4.78, 5) is 11.0. The van der Waals surface area contributed by atoms with Crippen LogP contribution in [-0.4, -0.2) is 36.8 Å². The lowest BCUT2D eigenvalue weighted by Gasteiger charge is -2.33. The molecule has 2 N–H and O–H groups in total. The van der Waals surface area contributed by atoms with Gasteiger partial charge in [0.15, 0.2) is 0 Å². The number of methoxy groups -OCH3 is 1. The molecule has 1 aromatic rings. The van der Waals surface area contributed by atoms with Gasteiger partial charge >= 0.3 is 0 Å². The summed E-state index contributed by atoms with van der Waals surface area (Å²) in [6.07, 6.45) is 2.30. The van der Waals surface area contributed by atoms with Crippen molar-refractivity contribution in [2.45, 2.75) is 26.7 Å². The zero-order chi connectivity index (χ0) is 13.1. The van der Waals surface area contributed by atoms with E-state index in [4.69, 9.17) is 10.5 Å². The summed E-state index contributed by atoms with van der Waals surface area (Å²) < 4.78 is 5.22. The Morgan fingerprint density at radius 1 is 1.28 bits per heavy atom. The molecule has 5 heteroatoms. The van der Waals surface area contributed by atoms with Gasteiger partial charge in [-0.15, -0.1) is 0 Å². The fourth-order valence-electron chi connectivity index (χ4n) is 2.49. The van der Waals surface area contributed by atoms with Crippen molar-refractivity contribution < 1.29 is 4.74 Å². The van der Waals surface area contributed by atoms with Crippen molar-refractivity contribution in [2.75, 3.05) is 37.4 Å². The van der Waals surface area contributed by atoms with Crippen LogP contribution >= 0.6 is 0 Å². The molecule has 18 heavy (non-hydrogen) atoms. The first-order chi connectivity index (χ1) is 8.61. The van der Waals surface area contributed by atoms with E-state index in [1.165, 1.54) is 0 Å². The number of rotatable bonds is 3. The molecule has 0 amide bonds. The fourth-order valence-corrected chi connectivity index (χ4v) is 2.49. The first kappa shape index (κ1) is 13.1. The van der Waals surface area contributed by atoms with Crippen LogP contribution in [0.25, 0.3) is 0 Å². The van der Waals surface area contributed by atoms with Crippen molar-refractivity contribution in [2.24, 2.45) is 5.92 Å². The maximum Gasteiger partial charge on any atom is 0.137 e. The predicted octanol–water partition coefficient (Wildman–Crippen LogP) is 1.54. The molecule has 0 bridgehead atoms. The molecule has 1 aromatic heterocycles. The molecule has 0 atom stereocenters. The van der Waals surface area contributed by atoms with Gasteiger partial charge in [0.2, 0.25) is 0 Å². The van der Waals surface area contributed by atoms with E-state index in [2.05, 4.69) is 14.9 Å². The molecule has 1 saturated heterocycles. The van der Waals surface area contributed by atoms with Gasteiger partial charge < -0.3 is 15.4 Å². The molecule has 1 aliphatic heterocycles. The molecule has 5 nitrogen and oxygen atoms in total. The van der Waals surface area contributed by atoms with Crippen LogP contribution in [0.3, 0.4) is 0 Å². The molecule has 2 heterocycles. The third-order valence-corrected chi connectivity index (χ3v) is 3.59. The summed E-state index contributed by atoms with van der Waals surface area (Å²) >= 11 is 0. The summed E-state index contributed by atoms with van der Waals surface area (Å²) in [7, 11) is 1.77. The quantitative estimate of drug-likeness (QED) is 0.881. The summed E-state index contributed by atoms with van der Waals surface area (Å²) in [5.74, 6) is 3.01. The maximum absolute atomic E-state index is 5.91. The predicted molar refractivity (Wildman–Crippen MR) is 72.7 cm³/mol. The zero-order valence-electron chi connectivity index (χ0n) is 11.4. The van der Waals surface area contributed by atoms with Crippen LogP contribution in [0.15, 0.2) is 0 Å². The SMILES string of the molecule is COCC1CCN(c2nc(C)nc(N)c2C)CC1. The van der Waals surface area contributed by atoms with Crippen LogP contribution < -0.4 is 10.6 Å². The second kappa shape index (κ2) is 5.52. The van der Waals surface area contributed by atoms with E-state index >= 15 is 0 Å². The van der Waals surface area contributed by atoms with Gasteiger partial charge in [0.25, 0.3) is 0 Å². The van der Waals surface area contributed by atoms with Crippen LogP contribution in [0.4, 0.5) is 11.6 Å². The number of aromatic nitrogens is 2. The second-order valence-corrected chi connectivity index (χ2v) is 4.99. The molecule has 1 fully saturated rings. The minimum Gasteiger partial charge on any atom is -0.384 e. The van der Waals surface area contributed by atoms with E-state index in [1.807, 2.05) is 13.8 Å². The first-order valence-electron chi connectivity index (χ1n) is 6.46. The van der Waals surface area contributed by atoms with Gasteiger partial charge in [-0.05, 0) is 32.6 Å². The van der Waals surface area contributed by atoms with Gasteiger partial charge in [0.1, 0.15) is 17.5 Å². The van der Waals surface area contributed by atoms with Crippen LogP contribution in [0.2, 0.25) is 0 Å². The monoisotopic (exact) mass is 250 g/mol. The molecular formula is C13H22N4O. The average molecular weight is 250 g/mol. The number of hydrogen-bond donors (Lipinski definition) is 1. The summed E-state index contributed by atoms with van der Waals surface area (Å²) in [5, 5.41) is 0. The Labute approximate surface area is 108 Å². The van der Waals surface area contributed by atoms with Crippen LogP contribution in [0.5, 0.6) is 0 Å². The van der Waals surface area contributed by atoms with Gasteiger partial charge in [-0.2, -0.15) is 0 Å². The molecular weight excluding hydrogens is 228 g/mol. The van der Waals surface area contributed by atoms with Crippen molar-refractivity contribution >= 4 is 11.6 Å². The molecule has 1 aliphatic rings. The minimum atomic E-state index is 0.594. The van der Waals surface area contributed by atoms with E-state index in [9.17, 15) is 0 Å². The van der Waals surface area contributed by atoms with E-state index in [-0.39, 0.29) is 0 Å². The summed E-state index contributed by atoms with van der Waals surface area (Å²) in [6, 6.07) is 0. The number of nitrogens with two attached hydrogens (primary N) is 1. The minimum absolute atomic E-state index is 0.594. The Kier molecular flexibility index (Phi) is 4.01. The lowest BCUT2D eigenvalue weighted by atomic mass is 9.97. The topological polar surface area (TPSA) is 64.3 Å². The number of hydrogen-bond acceptors (Lipinski definition) is 5. The van der Waals surface area contributed by atoms with Crippen LogP contribution in [0.1, 0.15) is 24.2 Å².